The molecule has 4 rings (SSSR count). The first-order valence-electron chi connectivity index (χ1n) is 8.76. The van der Waals surface area contributed by atoms with Crippen molar-refractivity contribution in [3.63, 3.8) is 0 Å². The topological polar surface area (TPSA) is 44.2 Å². The summed E-state index contributed by atoms with van der Waals surface area (Å²) in [5.74, 6) is 1.59. The van der Waals surface area contributed by atoms with Gasteiger partial charge >= 0.3 is 0 Å². The van der Waals surface area contributed by atoms with E-state index in [1.165, 1.54) is 5.56 Å². The van der Waals surface area contributed by atoms with E-state index < -0.39 is 0 Å². The maximum atomic E-state index is 5.37. The molecular formula is C23H20N2O2. The van der Waals surface area contributed by atoms with Crippen LogP contribution in [0.25, 0.3) is 22.0 Å². The van der Waals surface area contributed by atoms with Crippen molar-refractivity contribution in [2.75, 3.05) is 14.2 Å². The summed E-state index contributed by atoms with van der Waals surface area (Å²) >= 11 is 0. The largest absolute Gasteiger partial charge is 0.497 e. The third-order valence-electron chi connectivity index (χ3n) is 4.56. The second-order valence-electron chi connectivity index (χ2n) is 6.39. The van der Waals surface area contributed by atoms with Crippen LogP contribution in [0.3, 0.4) is 0 Å². The van der Waals surface area contributed by atoms with Crippen molar-refractivity contribution in [3.8, 4) is 22.6 Å². The summed E-state index contributed by atoms with van der Waals surface area (Å²) < 4.78 is 10.7. The predicted molar refractivity (Wildman–Crippen MR) is 107 cm³/mol. The predicted octanol–water partition coefficient (Wildman–Crippen LogP) is 4.90. The van der Waals surface area contributed by atoms with Crippen molar-refractivity contribution in [2.24, 2.45) is 0 Å². The molecular weight excluding hydrogens is 336 g/mol. The van der Waals surface area contributed by atoms with Gasteiger partial charge in [-0.3, -0.25) is 9.97 Å². The smallest absolute Gasteiger partial charge is 0.122 e. The van der Waals surface area contributed by atoms with E-state index in [2.05, 4.69) is 34.2 Å². The van der Waals surface area contributed by atoms with E-state index in [4.69, 9.17) is 9.47 Å². The summed E-state index contributed by atoms with van der Waals surface area (Å²) in [7, 11) is 3.33. The van der Waals surface area contributed by atoms with Gasteiger partial charge in [0, 0.05) is 41.2 Å². The average molecular weight is 356 g/mol. The molecule has 0 radical (unpaired) electrons. The van der Waals surface area contributed by atoms with Gasteiger partial charge in [-0.05, 0) is 53.9 Å². The van der Waals surface area contributed by atoms with Gasteiger partial charge in [0.15, 0.2) is 0 Å². The highest BCUT2D eigenvalue weighted by molar-refractivity contribution is 5.84. The molecule has 0 aliphatic rings. The molecule has 4 aromatic rings. The molecule has 0 saturated carbocycles. The van der Waals surface area contributed by atoms with E-state index in [1.807, 2.05) is 42.7 Å². The Balaban J connectivity index is 1.69. The van der Waals surface area contributed by atoms with Gasteiger partial charge in [0.25, 0.3) is 0 Å². The molecule has 2 aromatic carbocycles. The number of rotatable bonds is 5. The summed E-state index contributed by atoms with van der Waals surface area (Å²) in [6, 6.07) is 18.5. The van der Waals surface area contributed by atoms with Crippen LogP contribution in [0.4, 0.5) is 0 Å². The standard InChI is InChI=1S/C23H20N2O2/c1-26-21-10-17(11-22(13-21)27-2)8-16-5-6-23-19(9-16)12-20(15-25-23)18-4-3-7-24-14-18/h3-7,9-15H,8H2,1-2H3. The average Bonchev–Trinajstić information content (AvgIpc) is 2.73. The monoisotopic (exact) mass is 356 g/mol. The lowest BCUT2D eigenvalue weighted by Crippen LogP contribution is -1.93. The molecule has 134 valence electrons. The molecule has 0 unspecified atom stereocenters. The minimum Gasteiger partial charge on any atom is -0.497 e. The van der Waals surface area contributed by atoms with E-state index in [0.29, 0.717) is 0 Å². The van der Waals surface area contributed by atoms with Crippen molar-refractivity contribution >= 4 is 10.9 Å². The van der Waals surface area contributed by atoms with Gasteiger partial charge in [-0.25, -0.2) is 0 Å². The lowest BCUT2D eigenvalue weighted by atomic mass is 10.0. The first-order chi connectivity index (χ1) is 13.2. The summed E-state index contributed by atoms with van der Waals surface area (Å²) in [5.41, 5.74) is 5.46. The van der Waals surface area contributed by atoms with Crippen LogP contribution in [0.5, 0.6) is 11.5 Å². The Morgan fingerprint density at radius 2 is 1.59 bits per heavy atom. The number of fused-ring (bicyclic) bond motifs is 1. The molecule has 0 spiro atoms. The molecule has 0 aliphatic carbocycles. The van der Waals surface area contributed by atoms with Crippen LogP contribution >= 0.6 is 0 Å². The number of pyridine rings is 2. The molecule has 0 N–H and O–H groups in total. The second kappa shape index (κ2) is 7.46. The maximum Gasteiger partial charge on any atom is 0.122 e. The highest BCUT2D eigenvalue weighted by atomic mass is 16.5. The Morgan fingerprint density at radius 1 is 0.778 bits per heavy atom. The third-order valence-corrected chi connectivity index (χ3v) is 4.56. The number of hydrogen-bond acceptors (Lipinski definition) is 4. The van der Waals surface area contributed by atoms with E-state index in [1.54, 1.807) is 20.4 Å². The van der Waals surface area contributed by atoms with E-state index in [-0.39, 0.29) is 0 Å². The fraction of sp³-hybridized carbons (Fsp3) is 0.130. The zero-order chi connectivity index (χ0) is 18.6. The molecule has 0 bridgehead atoms. The highest BCUT2D eigenvalue weighted by Gasteiger charge is 2.06. The van der Waals surface area contributed by atoms with Crippen molar-refractivity contribution < 1.29 is 9.47 Å². The Labute approximate surface area is 158 Å². The van der Waals surface area contributed by atoms with Crippen molar-refractivity contribution in [1.29, 1.82) is 0 Å². The molecule has 4 heteroatoms. The fourth-order valence-corrected chi connectivity index (χ4v) is 3.19. The second-order valence-corrected chi connectivity index (χ2v) is 6.39. The van der Waals surface area contributed by atoms with E-state index >= 15 is 0 Å². The number of nitrogens with zero attached hydrogens (tertiary/aromatic N) is 2. The zero-order valence-corrected chi connectivity index (χ0v) is 15.3. The lowest BCUT2D eigenvalue weighted by Gasteiger charge is -2.09. The van der Waals surface area contributed by atoms with Gasteiger partial charge in [-0.1, -0.05) is 12.1 Å². The van der Waals surface area contributed by atoms with Crippen molar-refractivity contribution in [2.45, 2.75) is 6.42 Å². The molecule has 4 nitrogen and oxygen atoms in total. The van der Waals surface area contributed by atoms with Gasteiger partial charge in [-0.2, -0.15) is 0 Å². The van der Waals surface area contributed by atoms with Gasteiger partial charge in [0.2, 0.25) is 0 Å². The van der Waals surface area contributed by atoms with Crippen molar-refractivity contribution in [1.82, 2.24) is 9.97 Å². The minimum absolute atomic E-state index is 0.792. The van der Waals surface area contributed by atoms with Crippen LogP contribution in [-0.2, 0) is 6.42 Å². The number of benzene rings is 2. The number of ether oxygens (including phenoxy) is 2. The minimum atomic E-state index is 0.792. The summed E-state index contributed by atoms with van der Waals surface area (Å²) in [4.78, 5) is 8.79. The summed E-state index contributed by atoms with van der Waals surface area (Å²) in [5, 5.41) is 1.11. The lowest BCUT2D eigenvalue weighted by molar-refractivity contribution is 0.393. The van der Waals surface area contributed by atoms with Crippen LogP contribution in [0.2, 0.25) is 0 Å². The van der Waals surface area contributed by atoms with Crippen LogP contribution < -0.4 is 9.47 Å². The molecule has 0 saturated heterocycles. The third kappa shape index (κ3) is 3.75. The SMILES string of the molecule is COc1cc(Cc2ccc3ncc(-c4cccnc4)cc3c2)cc(OC)c1. The Bertz CT molecular complexity index is 1060. The Morgan fingerprint density at radius 3 is 2.30 bits per heavy atom. The zero-order valence-electron chi connectivity index (χ0n) is 15.3. The first-order valence-corrected chi connectivity index (χ1v) is 8.76. The van der Waals surface area contributed by atoms with Crippen LogP contribution in [0.1, 0.15) is 11.1 Å². The fourth-order valence-electron chi connectivity index (χ4n) is 3.19. The van der Waals surface area contributed by atoms with Gasteiger partial charge in [-0.15, -0.1) is 0 Å². The Hall–Kier alpha value is -3.40. The quantitative estimate of drug-likeness (QED) is 0.510. The molecule has 0 fully saturated rings. The van der Waals surface area contributed by atoms with Crippen LogP contribution in [0, 0.1) is 0 Å². The van der Waals surface area contributed by atoms with Crippen LogP contribution in [0.15, 0.2) is 73.2 Å². The summed E-state index contributed by atoms with van der Waals surface area (Å²) in [6.07, 6.45) is 6.32. The molecule has 0 atom stereocenters. The molecule has 0 amide bonds. The number of hydrogen-bond donors (Lipinski definition) is 0. The van der Waals surface area contributed by atoms with Gasteiger partial charge in [0.05, 0.1) is 19.7 Å². The highest BCUT2D eigenvalue weighted by Crippen LogP contribution is 2.26. The van der Waals surface area contributed by atoms with E-state index in [0.717, 1.165) is 45.5 Å². The summed E-state index contributed by atoms with van der Waals surface area (Å²) in [6.45, 7) is 0. The molecule has 2 heterocycles. The number of methoxy groups -OCH3 is 2. The normalized spacial score (nSPS) is 10.7. The first kappa shape index (κ1) is 17.0. The molecule has 27 heavy (non-hydrogen) atoms. The van der Waals surface area contributed by atoms with Gasteiger partial charge < -0.3 is 9.47 Å². The molecule has 2 aromatic heterocycles. The molecule has 0 aliphatic heterocycles. The van der Waals surface area contributed by atoms with Gasteiger partial charge in [0.1, 0.15) is 11.5 Å². The maximum absolute atomic E-state index is 5.37. The van der Waals surface area contributed by atoms with Crippen LogP contribution in [-0.4, -0.2) is 24.2 Å². The Kier molecular flexibility index (Phi) is 4.71. The number of aromatic nitrogens is 2. The van der Waals surface area contributed by atoms with E-state index in [9.17, 15) is 0 Å². The van der Waals surface area contributed by atoms with Crippen molar-refractivity contribution in [3.05, 3.63) is 84.3 Å².